The lowest BCUT2D eigenvalue weighted by molar-refractivity contribution is -0.124. The molecule has 4 aromatic rings. The normalized spacial score (nSPS) is 17.5. The lowest BCUT2D eigenvalue weighted by atomic mass is 9.89. The molecule has 1 amide bonds. The van der Waals surface area contributed by atoms with Gasteiger partial charge in [0, 0.05) is 17.0 Å². The Balaban J connectivity index is 0.000000214. The average Bonchev–Trinajstić information content (AvgIpc) is 3.14. The highest BCUT2D eigenvalue weighted by molar-refractivity contribution is 6.18. The fourth-order valence-corrected chi connectivity index (χ4v) is 3.52. The second kappa shape index (κ2) is 8.78. The fraction of sp³-hybridized carbons (Fsp3) is 0.192. The monoisotopic (exact) mass is 440 g/mol. The number of fused-ring (bicyclic) bond motifs is 2. The average molecular weight is 441 g/mol. The molecule has 0 fully saturated rings. The number of carboxylic acids is 1. The van der Waals surface area contributed by atoms with Gasteiger partial charge < -0.3 is 10.4 Å². The van der Waals surface area contributed by atoms with Crippen molar-refractivity contribution in [3.63, 3.8) is 0 Å². The summed E-state index contributed by atoms with van der Waals surface area (Å²) >= 11 is 0. The molecule has 3 heterocycles. The van der Waals surface area contributed by atoms with Gasteiger partial charge in [0.15, 0.2) is 5.84 Å². The number of aromatic carboxylic acids is 1. The number of nitrogens with zero attached hydrogens (tertiary/aromatic N) is 3. The highest BCUT2D eigenvalue weighted by Gasteiger charge is 2.43. The highest BCUT2D eigenvalue weighted by Crippen LogP contribution is 2.28. The van der Waals surface area contributed by atoms with Crippen molar-refractivity contribution >= 4 is 39.5 Å². The predicted octanol–water partition coefficient (Wildman–Crippen LogP) is 4.46. The Bertz CT molecular complexity index is 1330. The summed E-state index contributed by atoms with van der Waals surface area (Å²) in [6.45, 7) is 5.54. The summed E-state index contributed by atoms with van der Waals surface area (Å²) in [6, 6.07) is 20.9. The number of hydrogen-bond donors (Lipinski definition) is 2. The summed E-state index contributed by atoms with van der Waals surface area (Å²) in [4.78, 5) is 36.9. The van der Waals surface area contributed by atoms with E-state index in [-0.39, 0.29) is 28.9 Å². The van der Waals surface area contributed by atoms with Crippen LogP contribution in [0, 0.1) is 5.92 Å². The molecule has 0 spiro atoms. The number of benzene rings is 2. The van der Waals surface area contributed by atoms with E-state index in [0.717, 1.165) is 10.9 Å². The number of rotatable bonds is 3. The molecule has 0 bridgehead atoms. The van der Waals surface area contributed by atoms with Crippen molar-refractivity contribution in [3.8, 4) is 0 Å². The zero-order valence-electron chi connectivity index (χ0n) is 18.6. The van der Waals surface area contributed by atoms with E-state index in [2.05, 4.69) is 32.4 Å². The zero-order valence-corrected chi connectivity index (χ0v) is 18.6. The van der Waals surface area contributed by atoms with Gasteiger partial charge in [-0.1, -0.05) is 56.3 Å². The topological polar surface area (TPSA) is 105 Å². The van der Waals surface area contributed by atoms with Crippen molar-refractivity contribution in [2.75, 3.05) is 0 Å². The Morgan fingerprint density at radius 2 is 1.61 bits per heavy atom. The van der Waals surface area contributed by atoms with Crippen LogP contribution >= 0.6 is 0 Å². The van der Waals surface area contributed by atoms with Gasteiger partial charge in [-0.15, -0.1) is 0 Å². The van der Waals surface area contributed by atoms with Gasteiger partial charge in [0.1, 0.15) is 11.2 Å². The molecule has 1 unspecified atom stereocenters. The molecule has 2 N–H and O–H groups in total. The second-order valence-corrected chi connectivity index (χ2v) is 8.30. The van der Waals surface area contributed by atoms with Crippen LogP contribution in [0.1, 0.15) is 36.8 Å². The van der Waals surface area contributed by atoms with Gasteiger partial charge in [0.05, 0.1) is 16.6 Å². The van der Waals surface area contributed by atoms with E-state index in [1.165, 1.54) is 5.39 Å². The summed E-state index contributed by atoms with van der Waals surface area (Å²) in [7, 11) is 0. The number of amidine groups is 1. The first-order chi connectivity index (χ1) is 15.8. The third-order valence-corrected chi connectivity index (χ3v) is 5.85. The SMILES string of the molecule is CC(C)C1(C)N=C(c2nc3ccccc3cc2C(=O)O)NC1=O.c1ccc2ncccc2c1. The van der Waals surface area contributed by atoms with E-state index >= 15 is 0 Å². The summed E-state index contributed by atoms with van der Waals surface area (Å²) in [5, 5.41) is 14.1. The third-order valence-electron chi connectivity index (χ3n) is 5.85. The smallest absolute Gasteiger partial charge is 0.338 e. The lowest BCUT2D eigenvalue weighted by Gasteiger charge is -2.21. The van der Waals surface area contributed by atoms with Gasteiger partial charge in [0.2, 0.25) is 0 Å². The zero-order chi connectivity index (χ0) is 23.6. The molecule has 0 saturated carbocycles. The van der Waals surface area contributed by atoms with Crippen LogP contribution in [0.5, 0.6) is 0 Å². The molecule has 2 aromatic heterocycles. The maximum atomic E-state index is 12.3. The van der Waals surface area contributed by atoms with Crippen LogP contribution in [0.15, 0.2) is 77.9 Å². The molecule has 5 rings (SSSR count). The number of carbonyl (C=O) groups excluding carboxylic acids is 1. The number of pyridine rings is 2. The Kier molecular flexibility index (Phi) is 5.87. The lowest BCUT2D eigenvalue weighted by Crippen LogP contribution is -2.41. The van der Waals surface area contributed by atoms with Crippen LogP contribution in [0.4, 0.5) is 0 Å². The molecule has 0 aliphatic carbocycles. The number of aliphatic imine (C=N–C) groups is 1. The van der Waals surface area contributed by atoms with Gasteiger partial charge in [-0.3, -0.25) is 9.78 Å². The first-order valence-corrected chi connectivity index (χ1v) is 10.6. The van der Waals surface area contributed by atoms with E-state index in [1.807, 2.05) is 56.4 Å². The number of aromatic nitrogens is 2. The molecule has 166 valence electrons. The third kappa shape index (κ3) is 4.30. The summed E-state index contributed by atoms with van der Waals surface area (Å²) in [6.07, 6.45) is 1.81. The van der Waals surface area contributed by atoms with E-state index in [9.17, 15) is 14.7 Å². The van der Waals surface area contributed by atoms with Crippen molar-refractivity contribution in [1.82, 2.24) is 15.3 Å². The Morgan fingerprint density at radius 1 is 0.970 bits per heavy atom. The molecular weight excluding hydrogens is 416 g/mol. The van der Waals surface area contributed by atoms with Crippen molar-refractivity contribution in [2.45, 2.75) is 26.3 Å². The molecule has 7 nitrogen and oxygen atoms in total. The van der Waals surface area contributed by atoms with Crippen molar-refractivity contribution in [2.24, 2.45) is 10.9 Å². The quantitative estimate of drug-likeness (QED) is 0.489. The van der Waals surface area contributed by atoms with E-state index in [4.69, 9.17) is 0 Å². The van der Waals surface area contributed by atoms with Crippen molar-refractivity contribution in [3.05, 3.63) is 84.2 Å². The predicted molar refractivity (Wildman–Crippen MR) is 128 cm³/mol. The minimum Gasteiger partial charge on any atom is -0.478 e. The van der Waals surface area contributed by atoms with E-state index in [0.29, 0.717) is 5.52 Å². The Morgan fingerprint density at radius 3 is 2.24 bits per heavy atom. The van der Waals surface area contributed by atoms with E-state index < -0.39 is 11.5 Å². The largest absolute Gasteiger partial charge is 0.478 e. The van der Waals surface area contributed by atoms with Crippen LogP contribution in [-0.2, 0) is 4.79 Å². The standard InChI is InChI=1S/C17H17N3O3.C9H7N/c1-9(2)17(3)16(23)19-14(20-17)13-11(15(21)22)8-10-6-4-5-7-12(10)18-13;1-2-6-9-8(4-1)5-3-7-10-9/h4-9H,1-3H3,(H,21,22)(H,19,20,23);1-7H. The molecule has 1 aliphatic heterocycles. The summed E-state index contributed by atoms with van der Waals surface area (Å²) < 4.78 is 0. The van der Waals surface area contributed by atoms with E-state index in [1.54, 1.807) is 25.1 Å². The molecule has 7 heteroatoms. The van der Waals surface area contributed by atoms with Gasteiger partial charge in [-0.05, 0) is 37.1 Å². The number of amides is 1. The van der Waals surface area contributed by atoms with Crippen LogP contribution in [0.2, 0.25) is 0 Å². The Labute approximate surface area is 191 Å². The van der Waals surface area contributed by atoms with Gasteiger partial charge in [-0.2, -0.15) is 0 Å². The van der Waals surface area contributed by atoms with Gasteiger partial charge >= 0.3 is 5.97 Å². The number of para-hydroxylation sites is 2. The summed E-state index contributed by atoms with van der Waals surface area (Å²) in [5.74, 6) is -1.15. The second-order valence-electron chi connectivity index (χ2n) is 8.30. The number of carboxylic acid groups (broad SMARTS) is 1. The molecule has 0 saturated heterocycles. The summed E-state index contributed by atoms with van der Waals surface area (Å²) in [5.41, 5.74) is 1.01. The number of nitrogens with one attached hydrogen (secondary N) is 1. The fourth-order valence-electron chi connectivity index (χ4n) is 3.52. The molecule has 2 aromatic carbocycles. The maximum absolute atomic E-state index is 12.3. The van der Waals surface area contributed by atoms with Crippen LogP contribution in [0.25, 0.3) is 21.8 Å². The van der Waals surface area contributed by atoms with Crippen LogP contribution < -0.4 is 5.32 Å². The molecule has 1 aliphatic rings. The van der Waals surface area contributed by atoms with Gasteiger partial charge in [0.25, 0.3) is 5.91 Å². The van der Waals surface area contributed by atoms with Crippen LogP contribution in [-0.4, -0.2) is 38.3 Å². The van der Waals surface area contributed by atoms with Crippen molar-refractivity contribution in [1.29, 1.82) is 0 Å². The minimum atomic E-state index is -1.10. The number of hydrogen-bond acceptors (Lipinski definition) is 5. The molecule has 33 heavy (non-hydrogen) atoms. The number of carbonyl (C=O) groups is 2. The molecule has 0 radical (unpaired) electrons. The Hall–Kier alpha value is -4.13. The molecular formula is C26H24N4O3. The molecule has 1 atom stereocenters. The first-order valence-electron chi connectivity index (χ1n) is 10.6. The minimum absolute atomic E-state index is 0.0197. The maximum Gasteiger partial charge on any atom is 0.338 e. The van der Waals surface area contributed by atoms with Crippen molar-refractivity contribution < 1.29 is 14.7 Å². The van der Waals surface area contributed by atoms with Crippen LogP contribution in [0.3, 0.4) is 0 Å². The first kappa shape index (κ1) is 22.1. The van der Waals surface area contributed by atoms with Gasteiger partial charge in [-0.25, -0.2) is 14.8 Å². The highest BCUT2D eigenvalue weighted by atomic mass is 16.4.